The van der Waals surface area contributed by atoms with Crippen molar-refractivity contribution in [1.82, 2.24) is 0 Å². The molecule has 158 valence electrons. The molecular weight excluding hydrogens is 362 g/mol. The summed E-state index contributed by atoms with van der Waals surface area (Å²) >= 11 is 0. The van der Waals surface area contributed by atoms with Crippen molar-refractivity contribution in [2.45, 2.75) is 71.1 Å². The summed E-state index contributed by atoms with van der Waals surface area (Å²) < 4.78 is 11.1. The summed E-state index contributed by atoms with van der Waals surface area (Å²) in [6.45, 7) is 2.97. The molecule has 2 N–H and O–H groups in total. The molecule has 0 atom stereocenters. The molecule has 0 aliphatic carbocycles. The van der Waals surface area contributed by atoms with E-state index in [4.69, 9.17) is 15.2 Å². The first-order chi connectivity index (χ1) is 14.2. The van der Waals surface area contributed by atoms with Crippen LogP contribution in [0.5, 0.6) is 11.5 Å². The monoisotopic (exact) mass is 397 g/mol. The van der Waals surface area contributed by atoms with Gasteiger partial charge in [-0.2, -0.15) is 0 Å². The predicted octanol–water partition coefficient (Wildman–Crippen LogP) is 6.79. The van der Waals surface area contributed by atoms with Crippen molar-refractivity contribution in [3.63, 3.8) is 0 Å². The van der Waals surface area contributed by atoms with Gasteiger partial charge in [0, 0.05) is 5.69 Å². The lowest BCUT2D eigenvalue weighted by atomic mass is 10.1. The summed E-state index contributed by atoms with van der Waals surface area (Å²) in [6.07, 6.45) is 13.1. The van der Waals surface area contributed by atoms with Crippen molar-refractivity contribution in [2.24, 2.45) is 0 Å². The Morgan fingerprint density at radius 2 is 1.24 bits per heavy atom. The van der Waals surface area contributed by atoms with Crippen LogP contribution in [0, 0.1) is 0 Å². The van der Waals surface area contributed by atoms with Gasteiger partial charge in [-0.25, -0.2) is 4.79 Å². The maximum absolute atomic E-state index is 12.2. The third kappa shape index (κ3) is 9.51. The van der Waals surface area contributed by atoms with Crippen LogP contribution in [-0.4, -0.2) is 12.6 Å². The van der Waals surface area contributed by atoms with Crippen molar-refractivity contribution in [3.8, 4) is 11.5 Å². The second kappa shape index (κ2) is 13.6. The summed E-state index contributed by atoms with van der Waals surface area (Å²) in [6, 6.07) is 13.8. The Hall–Kier alpha value is -2.49. The number of nitrogen functional groups attached to an aromatic ring is 1. The van der Waals surface area contributed by atoms with Crippen LogP contribution in [0.2, 0.25) is 0 Å². The number of nitrogens with two attached hydrogens (primary N) is 1. The summed E-state index contributed by atoms with van der Waals surface area (Å²) in [5, 5.41) is 0. The zero-order chi connectivity index (χ0) is 20.7. The van der Waals surface area contributed by atoms with Crippen LogP contribution in [0.1, 0.15) is 81.5 Å². The molecule has 0 radical (unpaired) electrons. The number of carbonyl (C=O) groups is 1. The maximum atomic E-state index is 12.2. The third-order valence-electron chi connectivity index (χ3n) is 4.95. The van der Waals surface area contributed by atoms with E-state index < -0.39 is 5.97 Å². The van der Waals surface area contributed by atoms with Gasteiger partial charge in [0.15, 0.2) is 0 Å². The molecule has 0 unspecified atom stereocenters. The third-order valence-corrected chi connectivity index (χ3v) is 4.95. The zero-order valence-corrected chi connectivity index (χ0v) is 17.7. The first kappa shape index (κ1) is 22.8. The number of esters is 1. The Kier molecular flexibility index (Phi) is 10.7. The van der Waals surface area contributed by atoms with Gasteiger partial charge in [-0.1, -0.05) is 64.7 Å². The van der Waals surface area contributed by atoms with E-state index >= 15 is 0 Å². The molecular formula is C25H35NO3. The Bertz CT molecular complexity index is 695. The topological polar surface area (TPSA) is 61.5 Å². The van der Waals surface area contributed by atoms with Crippen LogP contribution in [0.25, 0.3) is 0 Å². The Labute approximate surface area is 175 Å². The highest BCUT2D eigenvalue weighted by molar-refractivity contribution is 5.91. The van der Waals surface area contributed by atoms with Crippen LogP contribution in [0.4, 0.5) is 5.69 Å². The molecule has 0 aromatic heterocycles. The average molecular weight is 398 g/mol. The first-order valence-corrected chi connectivity index (χ1v) is 11.0. The molecule has 2 aromatic carbocycles. The van der Waals surface area contributed by atoms with Gasteiger partial charge in [0.2, 0.25) is 0 Å². The zero-order valence-electron chi connectivity index (χ0n) is 17.7. The highest BCUT2D eigenvalue weighted by Crippen LogP contribution is 2.18. The molecule has 0 amide bonds. The summed E-state index contributed by atoms with van der Waals surface area (Å²) in [5.41, 5.74) is 6.76. The summed E-state index contributed by atoms with van der Waals surface area (Å²) in [7, 11) is 0. The van der Waals surface area contributed by atoms with Crippen molar-refractivity contribution < 1.29 is 14.3 Å². The Balaban J connectivity index is 1.57. The van der Waals surface area contributed by atoms with E-state index in [1.807, 2.05) is 12.1 Å². The minimum absolute atomic E-state index is 0.393. The van der Waals surface area contributed by atoms with Crippen LogP contribution in [0.3, 0.4) is 0 Å². The summed E-state index contributed by atoms with van der Waals surface area (Å²) in [4.78, 5) is 12.2. The number of anilines is 1. The Morgan fingerprint density at radius 1 is 0.724 bits per heavy atom. The van der Waals surface area contributed by atoms with Gasteiger partial charge in [0.25, 0.3) is 0 Å². The molecule has 0 aliphatic heterocycles. The predicted molar refractivity (Wildman–Crippen MR) is 120 cm³/mol. The number of unbranched alkanes of at least 4 members (excludes halogenated alkanes) is 9. The van der Waals surface area contributed by atoms with Gasteiger partial charge in [0.05, 0.1) is 12.2 Å². The minimum atomic E-state index is -0.393. The molecule has 0 spiro atoms. The van der Waals surface area contributed by atoms with Crippen molar-refractivity contribution in [1.29, 1.82) is 0 Å². The van der Waals surface area contributed by atoms with E-state index in [-0.39, 0.29) is 0 Å². The number of benzene rings is 2. The van der Waals surface area contributed by atoms with E-state index in [1.165, 1.54) is 57.8 Å². The van der Waals surface area contributed by atoms with E-state index in [1.54, 1.807) is 36.4 Å². The van der Waals surface area contributed by atoms with E-state index in [0.29, 0.717) is 23.6 Å². The normalized spacial score (nSPS) is 10.7. The smallest absolute Gasteiger partial charge is 0.343 e. The molecule has 0 aliphatic rings. The van der Waals surface area contributed by atoms with Crippen molar-refractivity contribution in [3.05, 3.63) is 54.1 Å². The fourth-order valence-corrected chi connectivity index (χ4v) is 3.17. The van der Waals surface area contributed by atoms with Gasteiger partial charge in [0.1, 0.15) is 11.5 Å². The van der Waals surface area contributed by atoms with Crippen LogP contribution >= 0.6 is 0 Å². The fraction of sp³-hybridized carbons (Fsp3) is 0.480. The molecule has 0 heterocycles. The van der Waals surface area contributed by atoms with Crippen molar-refractivity contribution in [2.75, 3.05) is 12.3 Å². The van der Waals surface area contributed by atoms with Gasteiger partial charge in [-0.3, -0.25) is 0 Å². The number of hydrogen-bond donors (Lipinski definition) is 1. The maximum Gasteiger partial charge on any atom is 0.343 e. The minimum Gasteiger partial charge on any atom is -0.494 e. The Morgan fingerprint density at radius 3 is 1.83 bits per heavy atom. The molecule has 0 bridgehead atoms. The fourth-order valence-electron chi connectivity index (χ4n) is 3.17. The molecule has 2 aromatic rings. The first-order valence-electron chi connectivity index (χ1n) is 11.0. The second-order valence-corrected chi connectivity index (χ2v) is 7.51. The number of hydrogen-bond acceptors (Lipinski definition) is 4. The average Bonchev–Trinajstić information content (AvgIpc) is 2.74. The second-order valence-electron chi connectivity index (χ2n) is 7.51. The van der Waals surface area contributed by atoms with Crippen LogP contribution < -0.4 is 15.2 Å². The number of rotatable bonds is 14. The number of carbonyl (C=O) groups excluding carboxylic acids is 1. The van der Waals surface area contributed by atoms with Gasteiger partial charge < -0.3 is 15.2 Å². The van der Waals surface area contributed by atoms with Crippen LogP contribution in [0.15, 0.2) is 48.5 Å². The molecule has 2 rings (SSSR count). The lowest BCUT2D eigenvalue weighted by molar-refractivity contribution is 0.0734. The molecule has 29 heavy (non-hydrogen) atoms. The SMILES string of the molecule is CCCCCCCCCCCCOc1ccc(C(=O)Oc2ccc(N)cc2)cc1. The standard InChI is InChI=1S/C25H35NO3/c1-2-3-4-5-6-7-8-9-10-11-20-28-23-16-12-21(13-17-23)25(27)29-24-18-14-22(26)15-19-24/h12-19H,2-11,20,26H2,1H3. The van der Waals surface area contributed by atoms with Gasteiger partial charge in [-0.15, -0.1) is 0 Å². The van der Waals surface area contributed by atoms with Gasteiger partial charge in [-0.05, 0) is 55.0 Å². The molecule has 4 nitrogen and oxygen atoms in total. The molecule has 0 fully saturated rings. The highest BCUT2D eigenvalue weighted by atomic mass is 16.5. The quantitative estimate of drug-likeness (QED) is 0.165. The van der Waals surface area contributed by atoms with Crippen LogP contribution in [-0.2, 0) is 0 Å². The van der Waals surface area contributed by atoms with E-state index in [9.17, 15) is 4.79 Å². The highest BCUT2D eigenvalue weighted by Gasteiger charge is 2.08. The summed E-state index contributed by atoms with van der Waals surface area (Å²) in [5.74, 6) is 0.867. The lowest BCUT2D eigenvalue weighted by Crippen LogP contribution is -2.08. The van der Waals surface area contributed by atoms with E-state index in [0.717, 1.165) is 12.2 Å². The molecule has 4 heteroatoms. The lowest BCUT2D eigenvalue weighted by Gasteiger charge is -2.08. The van der Waals surface area contributed by atoms with Crippen molar-refractivity contribution >= 4 is 11.7 Å². The van der Waals surface area contributed by atoms with Gasteiger partial charge >= 0.3 is 5.97 Å². The molecule has 0 saturated carbocycles. The van der Waals surface area contributed by atoms with E-state index in [2.05, 4.69) is 6.92 Å². The number of ether oxygens (including phenoxy) is 2. The largest absolute Gasteiger partial charge is 0.494 e. The molecule has 0 saturated heterocycles.